The lowest BCUT2D eigenvalue weighted by Crippen LogP contribution is -2.26. The number of amides is 1. The largest absolute Gasteiger partial charge is 0.349 e. The maximum atomic E-state index is 12.4. The molecule has 4 nitrogen and oxygen atoms in total. The lowest BCUT2D eigenvalue weighted by Gasteiger charge is -2.13. The zero-order valence-electron chi connectivity index (χ0n) is 12.1. The average Bonchev–Trinajstić information content (AvgIpc) is 3.14. The molecule has 21 heavy (non-hydrogen) atoms. The first-order chi connectivity index (χ1) is 10.1. The summed E-state index contributed by atoms with van der Waals surface area (Å²) in [5.41, 5.74) is 2.33. The fourth-order valence-electron chi connectivity index (χ4n) is 2.39. The average molecular weight is 304 g/mol. The van der Waals surface area contributed by atoms with Gasteiger partial charge in [-0.05, 0) is 30.9 Å². The second kappa shape index (κ2) is 5.53. The molecule has 0 radical (unpaired) electrons. The molecular weight excluding hydrogens is 286 g/mol. The van der Waals surface area contributed by atoms with Gasteiger partial charge in [-0.3, -0.25) is 4.79 Å². The zero-order chi connectivity index (χ0) is 15.0. The van der Waals surface area contributed by atoms with Crippen molar-refractivity contribution in [3.05, 3.63) is 46.7 Å². The molecular formula is C16H18ClN3O. The maximum absolute atomic E-state index is 12.4. The molecule has 0 saturated heterocycles. The second-order valence-electron chi connectivity index (χ2n) is 5.71. The lowest BCUT2D eigenvalue weighted by atomic mass is 10.0. The van der Waals surface area contributed by atoms with Crippen LogP contribution >= 0.6 is 11.6 Å². The molecule has 0 spiro atoms. The van der Waals surface area contributed by atoms with Crippen molar-refractivity contribution in [3.63, 3.8) is 0 Å². The molecule has 0 atom stereocenters. The number of hydrogen-bond acceptors (Lipinski definition) is 2. The number of hydrogen-bond donors (Lipinski definition) is 1. The zero-order valence-corrected chi connectivity index (χ0v) is 12.9. The van der Waals surface area contributed by atoms with Crippen LogP contribution in [0.1, 0.15) is 48.7 Å². The van der Waals surface area contributed by atoms with Crippen molar-refractivity contribution in [2.24, 2.45) is 0 Å². The normalized spacial score (nSPS) is 14.5. The van der Waals surface area contributed by atoms with Crippen LogP contribution < -0.4 is 5.32 Å². The highest BCUT2D eigenvalue weighted by Gasteiger charge is 2.27. The minimum Gasteiger partial charge on any atom is -0.349 e. The summed E-state index contributed by atoms with van der Waals surface area (Å²) >= 11 is 6.26. The van der Waals surface area contributed by atoms with Gasteiger partial charge < -0.3 is 5.32 Å². The number of carbonyl (C=O) groups is 1. The van der Waals surface area contributed by atoms with E-state index in [4.69, 9.17) is 11.6 Å². The van der Waals surface area contributed by atoms with E-state index in [-0.39, 0.29) is 11.8 Å². The van der Waals surface area contributed by atoms with Gasteiger partial charge in [0, 0.05) is 6.04 Å². The summed E-state index contributed by atoms with van der Waals surface area (Å²) in [6, 6.07) is 7.86. The molecule has 1 saturated carbocycles. The van der Waals surface area contributed by atoms with Gasteiger partial charge in [0.15, 0.2) is 0 Å². The fourth-order valence-corrected chi connectivity index (χ4v) is 2.61. The van der Waals surface area contributed by atoms with Gasteiger partial charge in [0.05, 0.1) is 28.2 Å². The van der Waals surface area contributed by atoms with Gasteiger partial charge in [0.2, 0.25) is 0 Å². The highest BCUT2D eigenvalue weighted by atomic mass is 35.5. The van der Waals surface area contributed by atoms with Crippen molar-refractivity contribution in [2.75, 3.05) is 0 Å². The number of nitrogens with one attached hydrogen (secondary N) is 1. The van der Waals surface area contributed by atoms with Crippen molar-refractivity contribution in [2.45, 2.75) is 38.6 Å². The Morgan fingerprint density at radius 3 is 2.71 bits per heavy atom. The van der Waals surface area contributed by atoms with E-state index in [1.165, 1.54) is 0 Å². The summed E-state index contributed by atoms with van der Waals surface area (Å²) in [5.74, 6) is 0.128. The Hall–Kier alpha value is -1.81. The number of rotatable bonds is 4. The van der Waals surface area contributed by atoms with E-state index in [9.17, 15) is 4.79 Å². The van der Waals surface area contributed by atoms with Crippen molar-refractivity contribution in [1.82, 2.24) is 15.1 Å². The van der Waals surface area contributed by atoms with Crippen molar-refractivity contribution in [3.8, 4) is 5.69 Å². The molecule has 1 aromatic heterocycles. The standard InChI is InChI=1S/C16H18ClN3O/c1-10(2)15-12(16(21)19-11-7-8-11)9-18-20(15)14-6-4-3-5-13(14)17/h3-6,9-11H,7-8H2,1-2H3,(H,19,21). The summed E-state index contributed by atoms with van der Waals surface area (Å²) < 4.78 is 1.77. The first kappa shape index (κ1) is 14.1. The number of para-hydroxylation sites is 1. The van der Waals surface area contributed by atoms with E-state index < -0.39 is 0 Å². The molecule has 0 aliphatic heterocycles. The Bertz CT molecular complexity index is 674. The number of nitrogens with zero attached hydrogens (tertiary/aromatic N) is 2. The van der Waals surface area contributed by atoms with Gasteiger partial charge in [0.1, 0.15) is 0 Å². The highest BCUT2D eigenvalue weighted by molar-refractivity contribution is 6.32. The summed E-state index contributed by atoms with van der Waals surface area (Å²) in [4.78, 5) is 12.4. The van der Waals surface area contributed by atoms with Gasteiger partial charge >= 0.3 is 0 Å². The Labute approximate surface area is 129 Å². The lowest BCUT2D eigenvalue weighted by molar-refractivity contribution is 0.0949. The molecule has 1 fully saturated rings. The second-order valence-corrected chi connectivity index (χ2v) is 6.12. The van der Waals surface area contributed by atoms with Crippen LogP contribution in [0.25, 0.3) is 5.69 Å². The molecule has 1 aromatic carbocycles. The maximum Gasteiger partial charge on any atom is 0.255 e. The van der Waals surface area contributed by atoms with Gasteiger partial charge in [-0.15, -0.1) is 0 Å². The molecule has 1 amide bonds. The Balaban J connectivity index is 2.03. The predicted octanol–water partition coefficient (Wildman–Crippen LogP) is 3.54. The third-order valence-electron chi connectivity index (χ3n) is 3.59. The monoisotopic (exact) mass is 303 g/mol. The quantitative estimate of drug-likeness (QED) is 0.939. The topological polar surface area (TPSA) is 46.9 Å². The van der Waals surface area contributed by atoms with Crippen LogP contribution in [0.3, 0.4) is 0 Å². The molecule has 0 bridgehead atoms. The minimum absolute atomic E-state index is 0.0421. The molecule has 1 aliphatic rings. The predicted molar refractivity (Wildman–Crippen MR) is 83.2 cm³/mol. The molecule has 110 valence electrons. The van der Waals surface area contributed by atoms with Crippen molar-refractivity contribution in [1.29, 1.82) is 0 Å². The minimum atomic E-state index is -0.0421. The van der Waals surface area contributed by atoms with Gasteiger partial charge in [-0.25, -0.2) is 4.68 Å². The van der Waals surface area contributed by atoms with Crippen LogP contribution in [0.2, 0.25) is 5.02 Å². The molecule has 1 N–H and O–H groups in total. The summed E-state index contributed by atoms with van der Waals surface area (Å²) in [5, 5.41) is 8.03. The van der Waals surface area contributed by atoms with Gasteiger partial charge in [0.25, 0.3) is 5.91 Å². The van der Waals surface area contributed by atoms with E-state index in [1.54, 1.807) is 10.9 Å². The Kier molecular flexibility index (Phi) is 3.72. The van der Waals surface area contributed by atoms with Crippen molar-refractivity contribution < 1.29 is 4.79 Å². The molecule has 5 heteroatoms. The first-order valence-electron chi connectivity index (χ1n) is 7.21. The van der Waals surface area contributed by atoms with E-state index in [1.807, 2.05) is 24.3 Å². The fraction of sp³-hybridized carbons (Fsp3) is 0.375. The molecule has 1 heterocycles. The highest BCUT2D eigenvalue weighted by Crippen LogP contribution is 2.28. The van der Waals surface area contributed by atoms with E-state index in [0.29, 0.717) is 16.6 Å². The van der Waals surface area contributed by atoms with Crippen molar-refractivity contribution >= 4 is 17.5 Å². The molecule has 1 aliphatic carbocycles. The number of halogens is 1. The molecule has 0 unspecified atom stereocenters. The Morgan fingerprint density at radius 1 is 1.38 bits per heavy atom. The SMILES string of the molecule is CC(C)c1c(C(=O)NC2CC2)cnn1-c1ccccc1Cl. The molecule has 3 rings (SSSR count). The number of carbonyl (C=O) groups excluding carboxylic acids is 1. The first-order valence-corrected chi connectivity index (χ1v) is 7.59. The van der Waals surface area contributed by atoms with E-state index in [0.717, 1.165) is 24.2 Å². The van der Waals surface area contributed by atoms with Crippen LogP contribution in [-0.4, -0.2) is 21.7 Å². The van der Waals surface area contributed by atoms with Crippen LogP contribution in [0, 0.1) is 0 Å². The number of benzene rings is 1. The molecule has 2 aromatic rings. The van der Waals surface area contributed by atoms with Gasteiger partial charge in [-0.2, -0.15) is 5.10 Å². The summed E-state index contributed by atoms with van der Waals surface area (Å²) in [7, 11) is 0. The smallest absolute Gasteiger partial charge is 0.255 e. The number of aromatic nitrogens is 2. The Morgan fingerprint density at radius 2 is 2.10 bits per heavy atom. The van der Waals surface area contributed by atoms with Crippen LogP contribution in [0.15, 0.2) is 30.5 Å². The van der Waals surface area contributed by atoms with Crippen LogP contribution in [-0.2, 0) is 0 Å². The van der Waals surface area contributed by atoms with E-state index in [2.05, 4.69) is 24.3 Å². The van der Waals surface area contributed by atoms with Crippen LogP contribution in [0.4, 0.5) is 0 Å². The van der Waals surface area contributed by atoms with Crippen LogP contribution in [0.5, 0.6) is 0 Å². The summed E-state index contributed by atoms with van der Waals surface area (Å²) in [6.07, 6.45) is 3.78. The van der Waals surface area contributed by atoms with Gasteiger partial charge in [-0.1, -0.05) is 37.6 Å². The third-order valence-corrected chi connectivity index (χ3v) is 3.91. The van der Waals surface area contributed by atoms with E-state index >= 15 is 0 Å². The summed E-state index contributed by atoms with van der Waals surface area (Å²) in [6.45, 7) is 4.11. The third kappa shape index (κ3) is 2.81.